The van der Waals surface area contributed by atoms with E-state index in [1.807, 2.05) is 6.92 Å². The number of aromatic nitrogens is 1. The molecule has 0 spiro atoms. The molecular weight excluding hydrogens is 248 g/mol. The van der Waals surface area contributed by atoms with Crippen molar-refractivity contribution < 1.29 is 9.72 Å². The Morgan fingerprint density at radius 2 is 2.21 bits per heavy atom. The van der Waals surface area contributed by atoms with Crippen molar-refractivity contribution in [3.8, 4) is 0 Å². The lowest BCUT2D eigenvalue weighted by molar-refractivity contribution is -0.389. The van der Waals surface area contributed by atoms with Gasteiger partial charge in [-0.15, -0.1) is 0 Å². The number of hydrogen-bond acceptors (Lipinski definition) is 5. The van der Waals surface area contributed by atoms with Crippen LogP contribution in [0.1, 0.15) is 13.8 Å². The van der Waals surface area contributed by atoms with E-state index < -0.39 is 4.92 Å². The Labute approximate surface area is 111 Å². The number of nitro groups is 1. The van der Waals surface area contributed by atoms with Gasteiger partial charge in [-0.2, -0.15) is 0 Å². The molecule has 7 heteroatoms. The molecule has 1 unspecified atom stereocenters. The molecule has 0 radical (unpaired) electrons. The summed E-state index contributed by atoms with van der Waals surface area (Å²) in [6.45, 7) is 5.62. The van der Waals surface area contributed by atoms with E-state index in [1.165, 1.54) is 12.3 Å². The van der Waals surface area contributed by atoms with Crippen LogP contribution in [0.2, 0.25) is 0 Å². The number of amides is 1. The maximum Gasteiger partial charge on any atom is 0.363 e. The highest BCUT2D eigenvalue weighted by molar-refractivity contribution is 5.73. The number of anilines is 1. The Morgan fingerprint density at radius 3 is 2.68 bits per heavy atom. The molecule has 19 heavy (non-hydrogen) atoms. The molecule has 1 amide bonds. The lowest BCUT2D eigenvalue weighted by Gasteiger charge is -2.40. The minimum Gasteiger partial charge on any atom is -0.362 e. The molecule has 0 bridgehead atoms. The molecule has 0 aliphatic carbocycles. The molecule has 2 rings (SSSR count). The molecule has 1 aromatic rings. The van der Waals surface area contributed by atoms with Crippen LogP contribution in [0.3, 0.4) is 0 Å². The molecular formula is C12H16N4O3. The fourth-order valence-electron chi connectivity index (χ4n) is 2.28. The largest absolute Gasteiger partial charge is 0.363 e. The number of carbonyl (C=O) groups excluding carboxylic acids is 1. The van der Waals surface area contributed by atoms with Crippen LogP contribution in [-0.2, 0) is 4.79 Å². The first-order valence-corrected chi connectivity index (χ1v) is 6.11. The SMILES string of the molecule is CC(=O)N1CCN(c2ccc([N+](=O)[O-])nc2)C(C)C1. The fraction of sp³-hybridized carbons (Fsp3) is 0.500. The molecule has 0 saturated carbocycles. The second-order valence-corrected chi connectivity index (χ2v) is 4.64. The molecule has 0 aromatic carbocycles. The lowest BCUT2D eigenvalue weighted by atomic mass is 10.1. The van der Waals surface area contributed by atoms with Gasteiger partial charge in [0.15, 0.2) is 6.20 Å². The summed E-state index contributed by atoms with van der Waals surface area (Å²) < 4.78 is 0. The summed E-state index contributed by atoms with van der Waals surface area (Å²) in [4.78, 5) is 29.1. The normalized spacial score (nSPS) is 19.4. The van der Waals surface area contributed by atoms with E-state index in [9.17, 15) is 14.9 Å². The Morgan fingerprint density at radius 1 is 1.47 bits per heavy atom. The van der Waals surface area contributed by atoms with E-state index in [4.69, 9.17) is 0 Å². The van der Waals surface area contributed by atoms with Gasteiger partial charge in [-0.1, -0.05) is 0 Å². The van der Waals surface area contributed by atoms with E-state index in [1.54, 1.807) is 17.9 Å². The van der Waals surface area contributed by atoms with Crippen LogP contribution in [0, 0.1) is 10.1 Å². The highest BCUT2D eigenvalue weighted by atomic mass is 16.6. The van der Waals surface area contributed by atoms with Crippen molar-refractivity contribution in [1.82, 2.24) is 9.88 Å². The Balaban J connectivity index is 2.10. The van der Waals surface area contributed by atoms with Gasteiger partial charge in [0.25, 0.3) is 0 Å². The predicted octanol–water partition coefficient (Wildman–Crippen LogP) is 1.05. The predicted molar refractivity (Wildman–Crippen MR) is 70.0 cm³/mol. The van der Waals surface area contributed by atoms with Crippen LogP contribution < -0.4 is 4.90 Å². The Bertz CT molecular complexity index is 488. The van der Waals surface area contributed by atoms with Crippen LogP contribution in [-0.4, -0.2) is 46.4 Å². The molecule has 1 aliphatic heterocycles. The average Bonchev–Trinajstić information content (AvgIpc) is 2.38. The third-order valence-corrected chi connectivity index (χ3v) is 3.32. The molecule has 0 N–H and O–H groups in total. The van der Waals surface area contributed by atoms with Gasteiger partial charge in [-0.3, -0.25) is 4.79 Å². The summed E-state index contributed by atoms with van der Waals surface area (Å²) in [6, 6.07) is 3.27. The van der Waals surface area contributed by atoms with Gasteiger partial charge in [-0.05, 0) is 22.9 Å². The number of piperazine rings is 1. The van der Waals surface area contributed by atoms with E-state index in [-0.39, 0.29) is 17.8 Å². The average molecular weight is 264 g/mol. The highest BCUT2D eigenvalue weighted by Crippen LogP contribution is 2.21. The minimum absolute atomic E-state index is 0.0772. The molecule has 7 nitrogen and oxygen atoms in total. The summed E-state index contributed by atoms with van der Waals surface area (Å²) in [5.74, 6) is -0.0768. The zero-order valence-electron chi connectivity index (χ0n) is 10.9. The first kappa shape index (κ1) is 13.3. The highest BCUT2D eigenvalue weighted by Gasteiger charge is 2.26. The van der Waals surface area contributed by atoms with Gasteiger partial charge in [0, 0.05) is 38.7 Å². The van der Waals surface area contributed by atoms with Crippen molar-refractivity contribution in [3.05, 3.63) is 28.4 Å². The third kappa shape index (κ3) is 2.81. The van der Waals surface area contributed by atoms with Gasteiger partial charge in [0.1, 0.15) is 0 Å². The molecule has 2 heterocycles. The van der Waals surface area contributed by atoms with Gasteiger partial charge in [0.05, 0.1) is 5.69 Å². The van der Waals surface area contributed by atoms with Crippen LogP contribution in [0.5, 0.6) is 0 Å². The maximum atomic E-state index is 11.3. The molecule has 1 atom stereocenters. The van der Waals surface area contributed by atoms with Gasteiger partial charge in [-0.25, -0.2) is 0 Å². The number of rotatable bonds is 2. The standard InChI is InChI=1S/C12H16N4O3/c1-9-8-14(10(2)17)5-6-15(9)11-3-4-12(13-7-11)16(18)19/h3-4,7,9H,5-6,8H2,1-2H3. The van der Waals surface area contributed by atoms with E-state index in [2.05, 4.69) is 9.88 Å². The first-order chi connectivity index (χ1) is 8.99. The van der Waals surface area contributed by atoms with E-state index >= 15 is 0 Å². The second-order valence-electron chi connectivity index (χ2n) is 4.64. The van der Waals surface area contributed by atoms with Gasteiger partial charge in [0.2, 0.25) is 5.91 Å². The lowest BCUT2D eigenvalue weighted by Crippen LogP contribution is -2.53. The quantitative estimate of drug-likeness (QED) is 0.589. The molecule has 1 aliphatic rings. The zero-order valence-corrected chi connectivity index (χ0v) is 10.9. The number of pyridine rings is 1. The Hall–Kier alpha value is -2.18. The maximum absolute atomic E-state index is 11.3. The second kappa shape index (κ2) is 5.21. The summed E-state index contributed by atoms with van der Waals surface area (Å²) in [5.41, 5.74) is 0.848. The summed E-state index contributed by atoms with van der Waals surface area (Å²) in [7, 11) is 0. The van der Waals surface area contributed by atoms with Crippen molar-refractivity contribution in [2.24, 2.45) is 0 Å². The molecule has 1 saturated heterocycles. The van der Waals surface area contributed by atoms with Crippen LogP contribution >= 0.6 is 0 Å². The summed E-state index contributed by atoms with van der Waals surface area (Å²) >= 11 is 0. The van der Waals surface area contributed by atoms with Crippen molar-refractivity contribution in [3.63, 3.8) is 0 Å². The van der Waals surface area contributed by atoms with Crippen molar-refractivity contribution in [2.75, 3.05) is 24.5 Å². The van der Waals surface area contributed by atoms with Crippen LogP contribution in [0.4, 0.5) is 11.5 Å². The van der Waals surface area contributed by atoms with Crippen molar-refractivity contribution >= 4 is 17.4 Å². The number of carbonyl (C=O) groups is 1. The monoisotopic (exact) mass is 264 g/mol. The van der Waals surface area contributed by atoms with E-state index in [0.29, 0.717) is 19.6 Å². The number of hydrogen-bond donors (Lipinski definition) is 0. The fourth-order valence-corrected chi connectivity index (χ4v) is 2.28. The topological polar surface area (TPSA) is 79.6 Å². The van der Waals surface area contributed by atoms with Crippen LogP contribution in [0.15, 0.2) is 18.3 Å². The van der Waals surface area contributed by atoms with E-state index in [0.717, 1.165) is 5.69 Å². The molecule has 1 aromatic heterocycles. The minimum atomic E-state index is -0.513. The Kier molecular flexibility index (Phi) is 3.64. The van der Waals surface area contributed by atoms with Gasteiger partial charge >= 0.3 is 5.82 Å². The summed E-state index contributed by atoms with van der Waals surface area (Å²) in [5, 5.41) is 10.6. The zero-order chi connectivity index (χ0) is 14.0. The third-order valence-electron chi connectivity index (χ3n) is 3.32. The van der Waals surface area contributed by atoms with Crippen molar-refractivity contribution in [2.45, 2.75) is 19.9 Å². The van der Waals surface area contributed by atoms with Gasteiger partial charge < -0.3 is 19.9 Å². The smallest absolute Gasteiger partial charge is 0.362 e. The first-order valence-electron chi connectivity index (χ1n) is 6.11. The molecule has 1 fully saturated rings. The summed E-state index contributed by atoms with van der Waals surface area (Å²) in [6.07, 6.45) is 1.51. The molecule has 102 valence electrons. The van der Waals surface area contributed by atoms with Crippen LogP contribution in [0.25, 0.3) is 0 Å². The number of nitrogens with zero attached hydrogens (tertiary/aromatic N) is 4. The van der Waals surface area contributed by atoms with Crippen molar-refractivity contribution in [1.29, 1.82) is 0 Å².